The van der Waals surface area contributed by atoms with Crippen molar-refractivity contribution >= 4 is 11.6 Å². The van der Waals surface area contributed by atoms with Gasteiger partial charge in [0.2, 0.25) is 0 Å². The Morgan fingerprint density at radius 2 is 2.00 bits per heavy atom. The number of amides is 1. The molecule has 0 saturated heterocycles. The van der Waals surface area contributed by atoms with Gasteiger partial charge in [0, 0.05) is 18.4 Å². The maximum Gasteiger partial charge on any atom is 0.258 e. The van der Waals surface area contributed by atoms with Crippen LogP contribution in [0, 0.1) is 0 Å². The summed E-state index contributed by atoms with van der Waals surface area (Å²) in [6.45, 7) is 9.14. The number of benzene rings is 1. The maximum atomic E-state index is 12.3. The topological polar surface area (TPSA) is 46.9 Å². The van der Waals surface area contributed by atoms with Crippen molar-refractivity contribution in [3.05, 3.63) is 47.8 Å². The van der Waals surface area contributed by atoms with Gasteiger partial charge < -0.3 is 5.32 Å². The summed E-state index contributed by atoms with van der Waals surface area (Å²) in [4.78, 5) is 12.3. The molecule has 2 aromatic rings. The van der Waals surface area contributed by atoms with E-state index in [0.29, 0.717) is 5.56 Å². The molecule has 0 aliphatic heterocycles. The molecule has 2 rings (SSSR count). The molecule has 1 heterocycles. The van der Waals surface area contributed by atoms with Crippen LogP contribution in [0.15, 0.2) is 36.7 Å². The minimum Gasteiger partial charge on any atom is -0.322 e. The van der Waals surface area contributed by atoms with Crippen molar-refractivity contribution < 1.29 is 4.79 Å². The Morgan fingerprint density at radius 3 is 2.60 bits per heavy atom. The number of para-hydroxylation sites is 1. The van der Waals surface area contributed by atoms with E-state index in [1.807, 2.05) is 31.2 Å². The fourth-order valence-electron chi connectivity index (χ4n) is 2.09. The van der Waals surface area contributed by atoms with E-state index in [1.54, 1.807) is 17.1 Å². The Balaban J connectivity index is 2.24. The van der Waals surface area contributed by atoms with Crippen molar-refractivity contribution in [1.82, 2.24) is 9.78 Å². The van der Waals surface area contributed by atoms with Crippen molar-refractivity contribution in [3.63, 3.8) is 0 Å². The van der Waals surface area contributed by atoms with Crippen LogP contribution in [0.1, 0.15) is 43.6 Å². The number of rotatable bonds is 3. The highest BCUT2D eigenvalue weighted by atomic mass is 16.1. The lowest BCUT2D eigenvalue weighted by atomic mass is 9.86. The van der Waals surface area contributed by atoms with E-state index in [-0.39, 0.29) is 11.3 Å². The summed E-state index contributed by atoms with van der Waals surface area (Å²) in [7, 11) is 0. The van der Waals surface area contributed by atoms with Gasteiger partial charge in [0.15, 0.2) is 0 Å². The van der Waals surface area contributed by atoms with Crippen LogP contribution in [0.5, 0.6) is 0 Å². The molecule has 0 radical (unpaired) electrons. The molecule has 0 fully saturated rings. The molecular weight excluding hydrogens is 250 g/mol. The SMILES string of the molecule is CCn1cc(C(=O)Nc2ccccc2C(C)(C)C)cn1. The Bertz CT molecular complexity index is 608. The van der Waals surface area contributed by atoms with E-state index < -0.39 is 0 Å². The van der Waals surface area contributed by atoms with Crippen LogP contribution >= 0.6 is 0 Å². The molecule has 1 aromatic carbocycles. The Labute approximate surface area is 119 Å². The highest BCUT2D eigenvalue weighted by molar-refractivity contribution is 6.04. The lowest BCUT2D eigenvalue weighted by molar-refractivity contribution is 0.102. The number of nitrogens with zero attached hydrogens (tertiary/aromatic N) is 2. The zero-order valence-corrected chi connectivity index (χ0v) is 12.5. The molecule has 106 valence electrons. The van der Waals surface area contributed by atoms with E-state index in [9.17, 15) is 4.79 Å². The number of carbonyl (C=O) groups excluding carboxylic acids is 1. The van der Waals surface area contributed by atoms with E-state index in [2.05, 4.69) is 31.2 Å². The summed E-state index contributed by atoms with van der Waals surface area (Å²) < 4.78 is 1.74. The highest BCUT2D eigenvalue weighted by Crippen LogP contribution is 2.29. The number of anilines is 1. The van der Waals surface area contributed by atoms with Crippen LogP contribution in [-0.2, 0) is 12.0 Å². The van der Waals surface area contributed by atoms with Crippen molar-refractivity contribution in [2.24, 2.45) is 0 Å². The van der Waals surface area contributed by atoms with E-state index in [0.717, 1.165) is 17.8 Å². The molecule has 0 aliphatic rings. The molecule has 20 heavy (non-hydrogen) atoms. The normalized spacial score (nSPS) is 11.4. The second kappa shape index (κ2) is 5.49. The molecule has 1 N–H and O–H groups in total. The zero-order valence-electron chi connectivity index (χ0n) is 12.5. The molecule has 1 amide bonds. The van der Waals surface area contributed by atoms with Crippen LogP contribution in [0.25, 0.3) is 0 Å². The Kier molecular flexibility index (Phi) is 3.93. The van der Waals surface area contributed by atoms with E-state index in [4.69, 9.17) is 0 Å². The van der Waals surface area contributed by atoms with Crippen LogP contribution in [0.2, 0.25) is 0 Å². The second-order valence-electron chi connectivity index (χ2n) is 5.83. The standard InChI is InChI=1S/C16H21N3O/c1-5-19-11-12(10-17-19)15(20)18-14-9-7-6-8-13(14)16(2,3)4/h6-11H,5H2,1-4H3,(H,18,20). The van der Waals surface area contributed by atoms with Crippen molar-refractivity contribution in [2.75, 3.05) is 5.32 Å². The van der Waals surface area contributed by atoms with Crippen LogP contribution in [-0.4, -0.2) is 15.7 Å². The van der Waals surface area contributed by atoms with Gasteiger partial charge in [0.1, 0.15) is 0 Å². The molecule has 0 atom stereocenters. The molecular formula is C16H21N3O. The first-order valence-electron chi connectivity index (χ1n) is 6.85. The number of hydrogen-bond donors (Lipinski definition) is 1. The number of carbonyl (C=O) groups is 1. The molecule has 0 bridgehead atoms. The van der Waals surface area contributed by atoms with Crippen molar-refractivity contribution in [3.8, 4) is 0 Å². The molecule has 4 nitrogen and oxygen atoms in total. The monoisotopic (exact) mass is 271 g/mol. The van der Waals surface area contributed by atoms with Crippen LogP contribution in [0.4, 0.5) is 5.69 Å². The Morgan fingerprint density at radius 1 is 1.30 bits per heavy atom. The van der Waals surface area contributed by atoms with Gasteiger partial charge in [-0.2, -0.15) is 5.10 Å². The molecule has 4 heteroatoms. The van der Waals surface area contributed by atoms with Gasteiger partial charge in [-0.15, -0.1) is 0 Å². The summed E-state index contributed by atoms with van der Waals surface area (Å²) in [6, 6.07) is 7.90. The molecule has 0 spiro atoms. The fraction of sp³-hybridized carbons (Fsp3) is 0.375. The number of nitrogens with one attached hydrogen (secondary N) is 1. The second-order valence-corrected chi connectivity index (χ2v) is 5.83. The molecule has 0 aliphatic carbocycles. The fourth-order valence-corrected chi connectivity index (χ4v) is 2.09. The zero-order chi connectivity index (χ0) is 14.8. The molecule has 1 aromatic heterocycles. The molecule has 0 unspecified atom stereocenters. The predicted molar refractivity (Wildman–Crippen MR) is 81.0 cm³/mol. The van der Waals surface area contributed by atoms with Gasteiger partial charge in [-0.3, -0.25) is 9.48 Å². The Hall–Kier alpha value is -2.10. The lowest BCUT2D eigenvalue weighted by Gasteiger charge is -2.22. The minimum atomic E-state index is -0.124. The third-order valence-corrected chi connectivity index (χ3v) is 3.20. The highest BCUT2D eigenvalue weighted by Gasteiger charge is 2.19. The van der Waals surface area contributed by atoms with Gasteiger partial charge in [-0.25, -0.2) is 0 Å². The first kappa shape index (κ1) is 14.3. The summed E-state index contributed by atoms with van der Waals surface area (Å²) >= 11 is 0. The minimum absolute atomic E-state index is 0.0164. The molecule has 0 saturated carbocycles. The van der Waals surface area contributed by atoms with Gasteiger partial charge in [-0.1, -0.05) is 39.0 Å². The first-order chi connectivity index (χ1) is 9.41. The number of hydrogen-bond acceptors (Lipinski definition) is 2. The van der Waals surface area contributed by atoms with Gasteiger partial charge in [-0.05, 0) is 24.0 Å². The lowest BCUT2D eigenvalue weighted by Crippen LogP contribution is -2.18. The van der Waals surface area contributed by atoms with Crippen molar-refractivity contribution in [2.45, 2.75) is 39.7 Å². The summed E-state index contributed by atoms with van der Waals surface area (Å²) in [5, 5.41) is 7.10. The average Bonchev–Trinajstić information content (AvgIpc) is 2.87. The predicted octanol–water partition coefficient (Wildman–Crippen LogP) is 3.45. The van der Waals surface area contributed by atoms with Gasteiger partial charge in [0.25, 0.3) is 5.91 Å². The number of aromatic nitrogens is 2. The average molecular weight is 271 g/mol. The number of aryl methyl sites for hydroxylation is 1. The summed E-state index contributed by atoms with van der Waals surface area (Å²) in [5.74, 6) is -0.124. The van der Waals surface area contributed by atoms with E-state index in [1.165, 1.54) is 0 Å². The third-order valence-electron chi connectivity index (χ3n) is 3.20. The van der Waals surface area contributed by atoms with Gasteiger partial charge >= 0.3 is 0 Å². The largest absolute Gasteiger partial charge is 0.322 e. The van der Waals surface area contributed by atoms with Gasteiger partial charge in [0.05, 0.1) is 11.8 Å². The smallest absolute Gasteiger partial charge is 0.258 e. The van der Waals surface area contributed by atoms with Crippen LogP contribution < -0.4 is 5.32 Å². The quantitative estimate of drug-likeness (QED) is 0.929. The summed E-state index contributed by atoms with van der Waals surface area (Å²) in [5.41, 5.74) is 2.54. The maximum absolute atomic E-state index is 12.3. The van der Waals surface area contributed by atoms with Crippen LogP contribution in [0.3, 0.4) is 0 Å². The van der Waals surface area contributed by atoms with E-state index >= 15 is 0 Å². The third kappa shape index (κ3) is 3.07. The first-order valence-corrected chi connectivity index (χ1v) is 6.85. The van der Waals surface area contributed by atoms with Crippen molar-refractivity contribution in [1.29, 1.82) is 0 Å². The summed E-state index contributed by atoms with van der Waals surface area (Å²) in [6.07, 6.45) is 3.35.